The van der Waals surface area contributed by atoms with Gasteiger partial charge in [-0.05, 0) is 60.3 Å². The molecule has 0 N–H and O–H groups in total. The minimum Gasteiger partial charge on any atom is -0.378 e. The maximum Gasteiger partial charge on any atom is 0.0687 e. The van der Waals surface area contributed by atoms with Crippen LogP contribution >= 0.6 is 0 Å². The van der Waals surface area contributed by atoms with Crippen LogP contribution in [0.3, 0.4) is 0 Å². The zero-order valence-corrected chi connectivity index (χ0v) is 12.1. The summed E-state index contributed by atoms with van der Waals surface area (Å²) in [6.45, 7) is 0. The zero-order valence-electron chi connectivity index (χ0n) is 12.1. The van der Waals surface area contributed by atoms with E-state index in [0.717, 1.165) is 5.92 Å². The smallest absolute Gasteiger partial charge is 0.0687 e. The summed E-state index contributed by atoms with van der Waals surface area (Å²) in [4.78, 5) is 0. The van der Waals surface area contributed by atoms with Gasteiger partial charge in [0.15, 0.2) is 0 Å². The van der Waals surface area contributed by atoms with E-state index < -0.39 is 0 Å². The van der Waals surface area contributed by atoms with E-state index >= 15 is 0 Å². The molecule has 0 radical (unpaired) electrons. The van der Waals surface area contributed by atoms with Gasteiger partial charge in [0, 0.05) is 7.11 Å². The van der Waals surface area contributed by atoms with Crippen LogP contribution < -0.4 is 0 Å². The average molecular weight is 266 g/mol. The summed E-state index contributed by atoms with van der Waals surface area (Å²) in [5, 5.41) is 2.81. The number of benzene rings is 2. The van der Waals surface area contributed by atoms with E-state index in [-0.39, 0.29) is 5.60 Å². The van der Waals surface area contributed by atoms with E-state index in [1.807, 2.05) is 7.11 Å². The van der Waals surface area contributed by atoms with Crippen molar-refractivity contribution in [2.24, 2.45) is 5.92 Å². The monoisotopic (exact) mass is 266 g/mol. The van der Waals surface area contributed by atoms with Crippen LogP contribution in [0.15, 0.2) is 42.5 Å². The highest BCUT2D eigenvalue weighted by molar-refractivity contribution is 5.86. The molecule has 2 fully saturated rings. The molecule has 2 aromatic rings. The van der Waals surface area contributed by atoms with Gasteiger partial charge in [-0.25, -0.2) is 0 Å². The van der Waals surface area contributed by atoms with Crippen molar-refractivity contribution >= 4 is 10.8 Å². The fourth-order valence-corrected chi connectivity index (χ4v) is 4.63. The molecule has 0 aromatic heterocycles. The Labute approximate surface area is 120 Å². The highest BCUT2D eigenvalue weighted by Gasteiger charge is 2.46. The number of hydrogen-bond donors (Lipinski definition) is 0. The topological polar surface area (TPSA) is 9.23 Å². The molecule has 2 bridgehead atoms. The van der Waals surface area contributed by atoms with Gasteiger partial charge in [-0.15, -0.1) is 0 Å². The standard InChI is InChI=1S/C19H22O/c1-20-19-10-9-14(12-19)11-16(13-19)18-8-4-6-15-5-2-3-7-17(15)18/h2-8,14,16H,9-13H2,1H3. The molecule has 1 nitrogen and oxygen atoms in total. The maximum absolute atomic E-state index is 5.93. The molecule has 3 atom stereocenters. The van der Waals surface area contributed by atoms with Crippen molar-refractivity contribution in [1.82, 2.24) is 0 Å². The number of methoxy groups -OCH3 is 1. The molecule has 104 valence electrons. The first-order valence-corrected chi connectivity index (χ1v) is 7.82. The fraction of sp³-hybridized carbons (Fsp3) is 0.474. The average Bonchev–Trinajstić information content (AvgIpc) is 2.82. The van der Waals surface area contributed by atoms with Crippen LogP contribution in [0.4, 0.5) is 0 Å². The van der Waals surface area contributed by atoms with Crippen molar-refractivity contribution in [3.63, 3.8) is 0 Å². The molecule has 3 unspecified atom stereocenters. The van der Waals surface area contributed by atoms with Gasteiger partial charge in [-0.2, -0.15) is 0 Å². The second-order valence-corrected chi connectivity index (χ2v) is 6.70. The first-order valence-electron chi connectivity index (χ1n) is 7.82. The van der Waals surface area contributed by atoms with Gasteiger partial charge < -0.3 is 4.74 Å². The molecule has 1 heteroatoms. The third-order valence-corrected chi connectivity index (χ3v) is 5.60. The van der Waals surface area contributed by atoms with Gasteiger partial charge in [0.05, 0.1) is 5.60 Å². The fourth-order valence-electron chi connectivity index (χ4n) is 4.63. The van der Waals surface area contributed by atoms with Crippen LogP contribution in [0.2, 0.25) is 0 Å². The van der Waals surface area contributed by atoms with Crippen LogP contribution in [0.5, 0.6) is 0 Å². The normalized spacial score (nSPS) is 32.6. The van der Waals surface area contributed by atoms with Gasteiger partial charge in [0.2, 0.25) is 0 Å². The summed E-state index contributed by atoms with van der Waals surface area (Å²) in [6, 6.07) is 15.6. The third kappa shape index (κ3) is 1.88. The van der Waals surface area contributed by atoms with Crippen molar-refractivity contribution in [2.45, 2.75) is 43.6 Å². The Bertz CT molecular complexity index is 627. The van der Waals surface area contributed by atoms with E-state index in [2.05, 4.69) is 42.5 Å². The zero-order chi connectivity index (χ0) is 13.6. The number of fused-ring (bicyclic) bond motifs is 3. The van der Waals surface area contributed by atoms with Crippen molar-refractivity contribution in [3.05, 3.63) is 48.0 Å². The van der Waals surface area contributed by atoms with E-state index in [9.17, 15) is 0 Å². The van der Waals surface area contributed by atoms with Crippen LogP contribution in [-0.2, 0) is 4.74 Å². The van der Waals surface area contributed by atoms with E-state index in [1.165, 1.54) is 48.4 Å². The van der Waals surface area contributed by atoms with Gasteiger partial charge >= 0.3 is 0 Å². The lowest BCUT2D eigenvalue weighted by atomic mass is 9.74. The molecule has 2 aliphatic rings. The minimum absolute atomic E-state index is 0.171. The molecule has 0 saturated heterocycles. The summed E-state index contributed by atoms with van der Waals surface area (Å²) in [5.41, 5.74) is 1.71. The molecule has 0 amide bonds. The summed E-state index contributed by atoms with van der Waals surface area (Å²) >= 11 is 0. The van der Waals surface area contributed by atoms with Crippen molar-refractivity contribution in [3.8, 4) is 0 Å². The van der Waals surface area contributed by atoms with Crippen LogP contribution in [-0.4, -0.2) is 12.7 Å². The molecule has 2 aliphatic carbocycles. The highest BCUT2D eigenvalue weighted by atomic mass is 16.5. The molecule has 2 aromatic carbocycles. The van der Waals surface area contributed by atoms with E-state index in [4.69, 9.17) is 4.74 Å². The summed E-state index contributed by atoms with van der Waals surface area (Å²) < 4.78 is 5.93. The van der Waals surface area contributed by atoms with E-state index in [1.54, 1.807) is 0 Å². The van der Waals surface area contributed by atoms with Crippen molar-refractivity contribution in [2.75, 3.05) is 7.11 Å². The minimum atomic E-state index is 0.171. The second-order valence-electron chi connectivity index (χ2n) is 6.70. The highest BCUT2D eigenvalue weighted by Crippen LogP contribution is 2.53. The summed E-state index contributed by atoms with van der Waals surface area (Å²) in [5.74, 6) is 1.54. The molecule has 0 spiro atoms. The lowest BCUT2D eigenvalue weighted by Gasteiger charge is -2.37. The van der Waals surface area contributed by atoms with Gasteiger partial charge in [-0.1, -0.05) is 42.5 Å². The predicted molar refractivity (Wildman–Crippen MR) is 83.0 cm³/mol. The SMILES string of the molecule is COC12CCC(CC(c3cccc4ccccc34)C1)C2. The Kier molecular flexibility index (Phi) is 2.85. The molecule has 0 heterocycles. The molecular formula is C19H22O. The summed E-state index contributed by atoms with van der Waals surface area (Å²) in [7, 11) is 1.91. The Morgan fingerprint density at radius 3 is 2.80 bits per heavy atom. The van der Waals surface area contributed by atoms with Crippen LogP contribution in [0.25, 0.3) is 10.8 Å². The van der Waals surface area contributed by atoms with E-state index in [0.29, 0.717) is 5.92 Å². The van der Waals surface area contributed by atoms with Crippen LogP contribution in [0, 0.1) is 5.92 Å². The predicted octanol–water partition coefficient (Wildman–Crippen LogP) is 4.90. The van der Waals surface area contributed by atoms with Crippen molar-refractivity contribution in [1.29, 1.82) is 0 Å². The molecule has 0 aliphatic heterocycles. The number of ether oxygens (including phenoxy) is 1. The molecule has 2 saturated carbocycles. The number of hydrogen-bond acceptors (Lipinski definition) is 1. The first kappa shape index (κ1) is 12.4. The second kappa shape index (κ2) is 4.60. The first-order chi connectivity index (χ1) is 9.80. The van der Waals surface area contributed by atoms with Crippen molar-refractivity contribution < 1.29 is 4.74 Å². The molecule has 4 rings (SSSR count). The molecule has 20 heavy (non-hydrogen) atoms. The largest absolute Gasteiger partial charge is 0.378 e. The van der Waals surface area contributed by atoms with Gasteiger partial charge in [0.1, 0.15) is 0 Å². The lowest BCUT2D eigenvalue weighted by Crippen LogP contribution is -2.34. The molecular weight excluding hydrogens is 244 g/mol. The quantitative estimate of drug-likeness (QED) is 0.751. The lowest BCUT2D eigenvalue weighted by molar-refractivity contribution is -0.0319. The Hall–Kier alpha value is -1.34. The van der Waals surface area contributed by atoms with Gasteiger partial charge in [-0.3, -0.25) is 0 Å². The third-order valence-electron chi connectivity index (χ3n) is 5.60. The number of rotatable bonds is 2. The Morgan fingerprint density at radius 1 is 1.05 bits per heavy atom. The van der Waals surface area contributed by atoms with Gasteiger partial charge in [0.25, 0.3) is 0 Å². The Morgan fingerprint density at radius 2 is 1.90 bits per heavy atom. The van der Waals surface area contributed by atoms with Crippen LogP contribution in [0.1, 0.15) is 43.6 Å². The Balaban J connectivity index is 1.76. The summed E-state index contributed by atoms with van der Waals surface area (Å²) in [6.07, 6.45) is 6.45. The maximum atomic E-state index is 5.93.